The minimum atomic E-state index is -0.118. The van der Waals surface area contributed by atoms with E-state index in [1.54, 1.807) is 24.3 Å². The molecule has 4 nitrogen and oxygen atoms in total. The second-order valence-electron chi connectivity index (χ2n) is 7.53. The topological polar surface area (TPSA) is 49.4 Å². The highest BCUT2D eigenvalue weighted by molar-refractivity contribution is 6.08. The SMILES string of the molecule is O=C(NCCC1=CCCCC1)c1cccc(C(=O)N2CCc3ccccc32)c1. The average molecular weight is 374 g/mol. The van der Waals surface area contributed by atoms with Crippen molar-refractivity contribution in [3.05, 3.63) is 76.9 Å². The molecule has 1 N–H and O–H groups in total. The molecule has 1 heterocycles. The summed E-state index contributed by atoms with van der Waals surface area (Å²) in [6.07, 6.45) is 8.93. The van der Waals surface area contributed by atoms with Crippen LogP contribution in [0.5, 0.6) is 0 Å². The van der Waals surface area contributed by atoms with Gasteiger partial charge in [0.15, 0.2) is 0 Å². The molecule has 0 radical (unpaired) electrons. The highest BCUT2D eigenvalue weighted by atomic mass is 16.2. The third kappa shape index (κ3) is 4.01. The minimum Gasteiger partial charge on any atom is -0.352 e. The van der Waals surface area contributed by atoms with Gasteiger partial charge in [-0.1, -0.05) is 35.9 Å². The first-order valence-corrected chi connectivity index (χ1v) is 10.2. The van der Waals surface area contributed by atoms with Crippen molar-refractivity contribution in [2.45, 2.75) is 38.5 Å². The van der Waals surface area contributed by atoms with Crippen LogP contribution >= 0.6 is 0 Å². The third-order valence-electron chi connectivity index (χ3n) is 5.62. The molecule has 0 fully saturated rings. The van der Waals surface area contributed by atoms with Crippen LogP contribution in [0.4, 0.5) is 5.69 Å². The fourth-order valence-corrected chi connectivity index (χ4v) is 4.07. The lowest BCUT2D eigenvalue weighted by Crippen LogP contribution is -2.29. The zero-order chi connectivity index (χ0) is 19.3. The maximum atomic E-state index is 13.0. The van der Waals surface area contributed by atoms with Gasteiger partial charge < -0.3 is 10.2 Å². The molecule has 2 aromatic rings. The zero-order valence-corrected chi connectivity index (χ0v) is 16.1. The summed E-state index contributed by atoms with van der Waals surface area (Å²) < 4.78 is 0. The fourth-order valence-electron chi connectivity index (χ4n) is 4.07. The van der Waals surface area contributed by atoms with E-state index in [4.69, 9.17) is 0 Å². The Morgan fingerprint density at radius 3 is 2.68 bits per heavy atom. The van der Waals surface area contributed by atoms with Crippen molar-refractivity contribution in [2.24, 2.45) is 0 Å². The van der Waals surface area contributed by atoms with E-state index in [1.165, 1.54) is 24.0 Å². The number of amides is 2. The van der Waals surface area contributed by atoms with Crippen molar-refractivity contribution in [2.75, 3.05) is 18.0 Å². The van der Waals surface area contributed by atoms with Crippen molar-refractivity contribution >= 4 is 17.5 Å². The summed E-state index contributed by atoms with van der Waals surface area (Å²) in [6, 6.07) is 15.0. The van der Waals surface area contributed by atoms with Crippen LogP contribution in [0.15, 0.2) is 60.2 Å². The first-order chi connectivity index (χ1) is 13.7. The summed E-state index contributed by atoms with van der Waals surface area (Å²) in [5.74, 6) is -0.167. The second kappa shape index (κ2) is 8.42. The van der Waals surface area contributed by atoms with Crippen LogP contribution in [0.3, 0.4) is 0 Å². The van der Waals surface area contributed by atoms with E-state index in [0.29, 0.717) is 24.2 Å². The van der Waals surface area contributed by atoms with Gasteiger partial charge in [0, 0.05) is 29.9 Å². The van der Waals surface area contributed by atoms with Crippen LogP contribution in [0.1, 0.15) is 58.4 Å². The Morgan fingerprint density at radius 1 is 0.964 bits per heavy atom. The van der Waals surface area contributed by atoms with Crippen molar-refractivity contribution < 1.29 is 9.59 Å². The number of rotatable bonds is 5. The van der Waals surface area contributed by atoms with Crippen LogP contribution in [-0.2, 0) is 6.42 Å². The summed E-state index contributed by atoms with van der Waals surface area (Å²) in [6.45, 7) is 1.33. The van der Waals surface area contributed by atoms with Gasteiger partial charge in [0.2, 0.25) is 0 Å². The lowest BCUT2D eigenvalue weighted by Gasteiger charge is -2.18. The van der Waals surface area contributed by atoms with Gasteiger partial charge in [0.05, 0.1) is 0 Å². The number of benzene rings is 2. The standard InChI is InChI=1S/C24H26N2O2/c27-23(25-15-13-18-7-2-1-3-8-18)20-10-6-11-21(17-20)24(28)26-16-14-19-9-4-5-12-22(19)26/h4-7,9-12,17H,1-3,8,13-16H2,(H,25,27). The minimum absolute atomic E-state index is 0.0491. The van der Waals surface area contributed by atoms with Crippen molar-refractivity contribution in [1.82, 2.24) is 5.32 Å². The number of para-hydroxylation sites is 1. The van der Waals surface area contributed by atoms with Gasteiger partial charge in [-0.2, -0.15) is 0 Å². The summed E-state index contributed by atoms with van der Waals surface area (Å²) >= 11 is 0. The Morgan fingerprint density at radius 2 is 1.82 bits per heavy atom. The molecule has 2 aliphatic rings. The van der Waals surface area contributed by atoms with E-state index in [-0.39, 0.29) is 11.8 Å². The summed E-state index contributed by atoms with van der Waals surface area (Å²) in [5.41, 5.74) is 4.71. The Hall–Kier alpha value is -2.88. The highest BCUT2D eigenvalue weighted by Gasteiger charge is 2.25. The normalized spacial score (nSPS) is 15.7. The molecule has 2 amide bonds. The number of fused-ring (bicyclic) bond motifs is 1. The van der Waals surface area contributed by atoms with Gasteiger partial charge in [-0.3, -0.25) is 9.59 Å². The second-order valence-corrected chi connectivity index (χ2v) is 7.53. The van der Waals surface area contributed by atoms with E-state index in [2.05, 4.69) is 17.5 Å². The maximum Gasteiger partial charge on any atom is 0.258 e. The Balaban J connectivity index is 1.40. The molecule has 0 bridgehead atoms. The quantitative estimate of drug-likeness (QED) is 0.783. The molecule has 0 aromatic heterocycles. The lowest BCUT2D eigenvalue weighted by molar-refractivity contribution is 0.0954. The molecule has 1 aliphatic heterocycles. The number of hydrogen-bond acceptors (Lipinski definition) is 2. The van der Waals surface area contributed by atoms with E-state index in [1.807, 2.05) is 23.1 Å². The van der Waals surface area contributed by atoms with Gasteiger partial charge in [0.25, 0.3) is 11.8 Å². The Bertz CT molecular complexity index is 916. The fraction of sp³-hybridized carbons (Fsp3) is 0.333. The van der Waals surface area contributed by atoms with Gasteiger partial charge in [0.1, 0.15) is 0 Å². The van der Waals surface area contributed by atoms with Crippen LogP contribution in [0, 0.1) is 0 Å². The first-order valence-electron chi connectivity index (χ1n) is 10.2. The van der Waals surface area contributed by atoms with E-state index >= 15 is 0 Å². The van der Waals surface area contributed by atoms with Crippen LogP contribution < -0.4 is 10.2 Å². The van der Waals surface area contributed by atoms with Gasteiger partial charge in [-0.05, 0) is 68.4 Å². The predicted molar refractivity (Wildman–Crippen MR) is 112 cm³/mol. The van der Waals surface area contributed by atoms with Gasteiger partial charge in [-0.25, -0.2) is 0 Å². The number of carbonyl (C=O) groups excluding carboxylic acids is 2. The lowest BCUT2D eigenvalue weighted by atomic mass is 9.97. The molecule has 28 heavy (non-hydrogen) atoms. The Kier molecular flexibility index (Phi) is 5.56. The summed E-state index contributed by atoms with van der Waals surface area (Å²) in [7, 11) is 0. The third-order valence-corrected chi connectivity index (χ3v) is 5.62. The molecule has 2 aromatic carbocycles. The zero-order valence-electron chi connectivity index (χ0n) is 16.1. The molecule has 144 valence electrons. The summed E-state index contributed by atoms with van der Waals surface area (Å²) in [5, 5.41) is 2.99. The van der Waals surface area contributed by atoms with E-state index < -0.39 is 0 Å². The number of hydrogen-bond donors (Lipinski definition) is 1. The maximum absolute atomic E-state index is 13.0. The molecular formula is C24H26N2O2. The molecule has 1 aliphatic carbocycles. The molecule has 0 saturated heterocycles. The number of anilines is 1. The molecule has 0 unspecified atom stereocenters. The van der Waals surface area contributed by atoms with Gasteiger partial charge in [-0.15, -0.1) is 0 Å². The van der Waals surface area contributed by atoms with Gasteiger partial charge >= 0.3 is 0 Å². The first kappa shape index (κ1) is 18.5. The summed E-state index contributed by atoms with van der Waals surface area (Å²) in [4.78, 5) is 27.3. The van der Waals surface area contributed by atoms with Crippen LogP contribution in [0.25, 0.3) is 0 Å². The van der Waals surface area contributed by atoms with Crippen molar-refractivity contribution in [3.8, 4) is 0 Å². The molecule has 0 spiro atoms. The monoisotopic (exact) mass is 374 g/mol. The molecule has 4 rings (SSSR count). The van der Waals surface area contributed by atoms with E-state index in [0.717, 1.165) is 31.4 Å². The number of carbonyl (C=O) groups is 2. The molecule has 0 saturated carbocycles. The molecular weight excluding hydrogens is 348 g/mol. The Labute approximate surface area is 166 Å². The smallest absolute Gasteiger partial charge is 0.258 e. The van der Waals surface area contributed by atoms with Crippen molar-refractivity contribution in [1.29, 1.82) is 0 Å². The molecule has 4 heteroatoms. The van der Waals surface area contributed by atoms with Crippen LogP contribution in [0.2, 0.25) is 0 Å². The number of allylic oxidation sites excluding steroid dienone is 1. The number of nitrogens with one attached hydrogen (secondary N) is 1. The largest absolute Gasteiger partial charge is 0.352 e. The van der Waals surface area contributed by atoms with Crippen molar-refractivity contribution in [3.63, 3.8) is 0 Å². The number of nitrogens with zero attached hydrogens (tertiary/aromatic N) is 1. The van der Waals surface area contributed by atoms with E-state index in [9.17, 15) is 9.59 Å². The molecule has 0 atom stereocenters. The van der Waals surface area contributed by atoms with Crippen LogP contribution in [-0.4, -0.2) is 24.9 Å². The highest BCUT2D eigenvalue weighted by Crippen LogP contribution is 2.29. The average Bonchev–Trinajstić information content (AvgIpc) is 3.18. The predicted octanol–water partition coefficient (Wildman–Crippen LogP) is 4.51.